The Labute approximate surface area is 118 Å². The van der Waals surface area contributed by atoms with Crippen molar-refractivity contribution in [1.82, 2.24) is 10.2 Å². The van der Waals surface area contributed by atoms with Gasteiger partial charge in [-0.25, -0.2) is 0 Å². The molecule has 2 aromatic rings. The third-order valence-electron chi connectivity index (χ3n) is 4.15. The van der Waals surface area contributed by atoms with Gasteiger partial charge < -0.3 is 9.32 Å². The second-order valence-corrected chi connectivity index (χ2v) is 5.58. The van der Waals surface area contributed by atoms with Crippen LogP contribution in [0.25, 0.3) is 11.0 Å². The fourth-order valence-corrected chi connectivity index (χ4v) is 2.96. The number of likely N-dealkylation sites (tertiary alicyclic amines) is 1. The summed E-state index contributed by atoms with van der Waals surface area (Å²) < 4.78 is 5.95. The van der Waals surface area contributed by atoms with Crippen LogP contribution in [0, 0.1) is 6.92 Å². The smallest absolute Gasteiger partial charge is 0.239 e. The van der Waals surface area contributed by atoms with E-state index in [1.54, 1.807) is 4.90 Å². The first-order chi connectivity index (χ1) is 9.58. The van der Waals surface area contributed by atoms with Gasteiger partial charge in [-0.1, -0.05) is 18.2 Å². The molecule has 2 heterocycles. The average molecular weight is 272 g/mol. The van der Waals surface area contributed by atoms with Crippen LogP contribution in [-0.2, 0) is 4.79 Å². The number of likely N-dealkylation sites (N-methyl/N-ethyl adjacent to an activating group) is 1. The number of para-hydroxylation sites is 1. The van der Waals surface area contributed by atoms with Crippen molar-refractivity contribution in [3.63, 3.8) is 0 Å². The maximum atomic E-state index is 12.0. The van der Waals surface area contributed by atoms with Gasteiger partial charge in [0.1, 0.15) is 11.3 Å². The molecule has 0 radical (unpaired) electrons. The predicted octanol–water partition coefficient (Wildman–Crippen LogP) is 2.62. The summed E-state index contributed by atoms with van der Waals surface area (Å²) in [5.74, 6) is 1.10. The largest absolute Gasteiger partial charge is 0.459 e. The van der Waals surface area contributed by atoms with Crippen molar-refractivity contribution in [3.05, 3.63) is 35.6 Å². The first-order valence-electron chi connectivity index (χ1n) is 7.07. The summed E-state index contributed by atoms with van der Waals surface area (Å²) in [4.78, 5) is 13.7. The number of carbonyl (C=O) groups is 1. The summed E-state index contributed by atoms with van der Waals surface area (Å²) in [6, 6.07) is 7.97. The zero-order valence-electron chi connectivity index (χ0n) is 12.1. The molecule has 1 N–H and O–H groups in total. The molecule has 2 atom stereocenters. The molecule has 3 rings (SSSR count). The Morgan fingerprint density at radius 2 is 2.15 bits per heavy atom. The topological polar surface area (TPSA) is 45.5 Å². The maximum absolute atomic E-state index is 12.0. The third kappa shape index (κ3) is 2.10. The standard InChI is InChI=1S/C16H20N2O2/c1-10-12-6-4-5-7-14(12)20-15(10)11(2)17-13-8-9-18(3)16(13)19/h4-7,11,13,17H,8-9H2,1-3H3. The van der Waals surface area contributed by atoms with Crippen LogP contribution in [0.1, 0.15) is 30.7 Å². The number of carbonyl (C=O) groups excluding carboxylic acids is 1. The highest BCUT2D eigenvalue weighted by Crippen LogP contribution is 2.29. The number of hydrogen-bond acceptors (Lipinski definition) is 3. The van der Waals surface area contributed by atoms with Gasteiger partial charge in [-0.05, 0) is 31.9 Å². The summed E-state index contributed by atoms with van der Waals surface area (Å²) in [5.41, 5.74) is 2.06. The lowest BCUT2D eigenvalue weighted by Crippen LogP contribution is -2.38. The van der Waals surface area contributed by atoms with Gasteiger partial charge in [0, 0.05) is 19.0 Å². The molecule has 1 aliphatic heterocycles. The highest BCUT2D eigenvalue weighted by Gasteiger charge is 2.31. The number of aryl methyl sites for hydroxylation is 1. The molecule has 2 unspecified atom stereocenters. The molecule has 1 aliphatic rings. The molecule has 0 bridgehead atoms. The van der Waals surface area contributed by atoms with Crippen LogP contribution in [0.2, 0.25) is 0 Å². The second-order valence-electron chi connectivity index (χ2n) is 5.58. The van der Waals surface area contributed by atoms with E-state index in [1.807, 2.05) is 25.2 Å². The Bertz CT molecular complexity index is 647. The van der Waals surface area contributed by atoms with E-state index in [2.05, 4.69) is 25.2 Å². The zero-order chi connectivity index (χ0) is 14.3. The summed E-state index contributed by atoms with van der Waals surface area (Å²) in [6.45, 7) is 4.95. The quantitative estimate of drug-likeness (QED) is 0.934. The molecule has 1 fully saturated rings. The van der Waals surface area contributed by atoms with E-state index >= 15 is 0 Å². The third-order valence-corrected chi connectivity index (χ3v) is 4.15. The number of nitrogens with one attached hydrogen (secondary N) is 1. The number of nitrogens with zero attached hydrogens (tertiary/aromatic N) is 1. The minimum Gasteiger partial charge on any atom is -0.459 e. The molecule has 1 amide bonds. The Morgan fingerprint density at radius 1 is 1.40 bits per heavy atom. The fraction of sp³-hybridized carbons (Fsp3) is 0.438. The first kappa shape index (κ1) is 13.2. The Morgan fingerprint density at radius 3 is 2.80 bits per heavy atom. The number of fused-ring (bicyclic) bond motifs is 1. The van der Waals surface area contributed by atoms with Crippen LogP contribution in [0.4, 0.5) is 0 Å². The van der Waals surface area contributed by atoms with E-state index in [-0.39, 0.29) is 18.0 Å². The van der Waals surface area contributed by atoms with Crippen molar-refractivity contribution in [2.24, 2.45) is 0 Å². The lowest BCUT2D eigenvalue weighted by molar-refractivity contribution is -0.128. The molecule has 0 aliphatic carbocycles. The van der Waals surface area contributed by atoms with Crippen LogP contribution < -0.4 is 5.32 Å². The van der Waals surface area contributed by atoms with Gasteiger partial charge in [-0.15, -0.1) is 0 Å². The van der Waals surface area contributed by atoms with Crippen molar-refractivity contribution in [1.29, 1.82) is 0 Å². The van der Waals surface area contributed by atoms with Gasteiger partial charge in [-0.2, -0.15) is 0 Å². The van der Waals surface area contributed by atoms with Crippen molar-refractivity contribution < 1.29 is 9.21 Å². The van der Waals surface area contributed by atoms with E-state index in [1.165, 1.54) is 0 Å². The predicted molar refractivity (Wildman–Crippen MR) is 78.5 cm³/mol. The van der Waals surface area contributed by atoms with Crippen molar-refractivity contribution in [3.8, 4) is 0 Å². The molecule has 1 saturated heterocycles. The number of amides is 1. The Kier molecular flexibility index (Phi) is 3.26. The molecular weight excluding hydrogens is 252 g/mol. The van der Waals surface area contributed by atoms with Crippen LogP contribution >= 0.6 is 0 Å². The lowest BCUT2D eigenvalue weighted by Gasteiger charge is -2.17. The SMILES string of the molecule is Cc1c(C(C)NC2CCN(C)C2=O)oc2ccccc12. The van der Waals surface area contributed by atoms with Gasteiger partial charge in [0.25, 0.3) is 0 Å². The van der Waals surface area contributed by atoms with Gasteiger partial charge >= 0.3 is 0 Å². The average Bonchev–Trinajstić information content (AvgIpc) is 2.94. The molecule has 1 aromatic carbocycles. The molecule has 4 heteroatoms. The van der Waals surface area contributed by atoms with Gasteiger partial charge in [0.15, 0.2) is 0 Å². The van der Waals surface area contributed by atoms with E-state index in [0.29, 0.717) is 0 Å². The minimum atomic E-state index is -0.0948. The molecule has 1 aromatic heterocycles. The number of benzene rings is 1. The summed E-state index contributed by atoms with van der Waals surface area (Å²) >= 11 is 0. The molecular formula is C16H20N2O2. The van der Waals surface area contributed by atoms with Crippen LogP contribution in [0.3, 0.4) is 0 Å². The van der Waals surface area contributed by atoms with Crippen LogP contribution in [0.15, 0.2) is 28.7 Å². The maximum Gasteiger partial charge on any atom is 0.239 e. The first-order valence-corrected chi connectivity index (χ1v) is 7.07. The Hall–Kier alpha value is -1.81. The van der Waals surface area contributed by atoms with Gasteiger partial charge in [0.2, 0.25) is 5.91 Å². The monoisotopic (exact) mass is 272 g/mol. The Balaban J connectivity index is 1.84. The van der Waals surface area contributed by atoms with Crippen molar-refractivity contribution >= 4 is 16.9 Å². The van der Waals surface area contributed by atoms with Crippen LogP contribution in [0.5, 0.6) is 0 Å². The van der Waals surface area contributed by atoms with Gasteiger partial charge in [0.05, 0.1) is 12.1 Å². The zero-order valence-corrected chi connectivity index (χ0v) is 12.1. The molecule has 20 heavy (non-hydrogen) atoms. The molecule has 0 saturated carbocycles. The summed E-state index contributed by atoms with van der Waals surface area (Å²) in [7, 11) is 1.85. The molecule has 0 spiro atoms. The molecule has 106 valence electrons. The number of hydrogen-bond donors (Lipinski definition) is 1. The highest BCUT2D eigenvalue weighted by atomic mass is 16.3. The lowest BCUT2D eigenvalue weighted by atomic mass is 10.1. The van der Waals surface area contributed by atoms with E-state index in [0.717, 1.165) is 35.3 Å². The number of furan rings is 1. The van der Waals surface area contributed by atoms with E-state index in [9.17, 15) is 4.79 Å². The van der Waals surface area contributed by atoms with Gasteiger partial charge in [-0.3, -0.25) is 10.1 Å². The summed E-state index contributed by atoms with van der Waals surface area (Å²) in [6.07, 6.45) is 0.860. The highest BCUT2D eigenvalue weighted by molar-refractivity contribution is 5.84. The van der Waals surface area contributed by atoms with Crippen molar-refractivity contribution in [2.45, 2.75) is 32.4 Å². The minimum absolute atomic E-state index is 0.0304. The van der Waals surface area contributed by atoms with E-state index < -0.39 is 0 Å². The van der Waals surface area contributed by atoms with E-state index in [4.69, 9.17) is 4.42 Å². The molecule has 4 nitrogen and oxygen atoms in total. The number of rotatable bonds is 3. The second kappa shape index (κ2) is 4.94. The summed E-state index contributed by atoms with van der Waals surface area (Å²) in [5, 5.41) is 4.54. The fourth-order valence-electron chi connectivity index (χ4n) is 2.96. The normalized spacial score (nSPS) is 20.9. The van der Waals surface area contributed by atoms with Crippen molar-refractivity contribution in [2.75, 3.05) is 13.6 Å². The van der Waals surface area contributed by atoms with Crippen LogP contribution in [-0.4, -0.2) is 30.4 Å².